The zero-order chi connectivity index (χ0) is 29.2. The molecule has 210 valence electrons. The molecular weight excluding hydrogens is 541 g/mol. The number of benzene rings is 2. The SMILES string of the molecule is C#Cc1nc(C(=O)N(c2cc(OC(C)C)cc(C(F)(F)F)c2)C2CCN(Cc3ccc(N(C)C)cc3)C2=O)cs1. The van der Waals surface area contributed by atoms with Gasteiger partial charge in [0.25, 0.3) is 5.91 Å². The molecule has 40 heavy (non-hydrogen) atoms. The minimum absolute atomic E-state index is 0.0489. The van der Waals surface area contributed by atoms with Gasteiger partial charge in [-0.2, -0.15) is 13.2 Å². The van der Waals surface area contributed by atoms with E-state index in [0.717, 1.165) is 39.6 Å². The highest BCUT2D eigenvalue weighted by atomic mass is 32.1. The van der Waals surface area contributed by atoms with E-state index < -0.39 is 29.8 Å². The van der Waals surface area contributed by atoms with E-state index in [4.69, 9.17) is 11.2 Å². The lowest BCUT2D eigenvalue weighted by atomic mass is 10.1. The highest BCUT2D eigenvalue weighted by Gasteiger charge is 2.41. The second-order valence-corrected chi connectivity index (χ2v) is 10.7. The van der Waals surface area contributed by atoms with Crippen molar-refractivity contribution < 1.29 is 27.5 Å². The Balaban J connectivity index is 1.72. The van der Waals surface area contributed by atoms with Crippen LogP contribution in [0.5, 0.6) is 5.75 Å². The molecule has 1 atom stereocenters. The minimum atomic E-state index is -4.71. The second kappa shape index (κ2) is 11.6. The molecule has 0 bridgehead atoms. The summed E-state index contributed by atoms with van der Waals surface area (Å²) in [6, 6.07) is 9.74. The van der Waals surface area contributed by atoms with Gasteiger partial charge in [-0.1, -0.05) is 12.1 Å². The van der Waals surface area contributed by atoms with Crippen molar-refractivity contribution in [3.8, 4) is 18.1 Å². The Hall–Kier alpha value is -4.04. The van der Waals surface area contributed by atoms with Crippen LogP contribution in [0, 0.1) is 12.3 Å². The number of amides is 2. The fourth-order valence-electron chi connectivity index (χ4n) is 4.47. The van der Waals surface area contributed by atoms with Crippen LogP contribution >= 0.6 is 11.3 Å². The van der Waals surface area contributed by atoms with Crippen molar-refractivity contribution in [2.45, 2.75) is 45.1 Å². The number of ether oxygens (including phenoxy) is 1. The van der Waals surface area contributed by atoms with Gasteiger partial charge in [0.1, 0.15) is 17.5 Å². The van der Waals surface area contributed by atoms with E-state index in [1.165, 1.54) is 11.4 Å². The van der Waals surface area contributed by atoms with Crippen molar-refractivity contribution in [1.29, 1.82) is 0 Å². The smallest absolute Gasteiger partial charge is 0.416 e. The highest BCUT2D eigenvalue weighted by molar-refractivity contribution is 7.10. The number of halogens is 3. The number of nitrogens with zero attached hydrogens (tertiary/aromatic N) is 4. The third-order valence-corrected chi connectivity index (χ3v) is 7.11. The van der Waals surface area contributed by atoms with E-state index in [0.29, 0.717) is 13.1 Å². The maximum Gasteiger partial charge on any atom is 0.416 e. The Labute approximate surface area is 235 Å². The number of aromatic nitrogens is 1. The number of rotatable bonds is 8. The Morgan fingerprint density at radius 2 is 1.90 bits per heavy atom. The van der Waals surface area contributed by atoms with Crippen molar-refractivity contribution in [2.24, 2.45) is 0 Å². The number of carbonyl (C=O) groups excluding carboxylic acids is 2. The summed E-state index contributed by atoms with van der Waals surface area (Å²) in [6.45, 7) is 3.99. The molecule has 2 aromatic carbocycles. The standard InChI is InChI=1S/C29H29F3N4O3S/c1-6-26-33-24(17-40-26)27(37)36(22-13-20(29(30,31)32)14-23(15-22)39-18(2)3)25-11-12-35(28(25)38)16-19-7-9-21(10-8-19)34(4)5/h1,7-10,13-15,17-18,25H,11-12,16H2,2-5H3. The molecule has 1 unspecified atom stereocenters. The molecule has 2 heterocycles. The van der Waals surface area contributed by atoms with E-state index in [-0.39, 0.29) is 34.5 Å². The summed E-state index contributed by atoms with van der Waals surface area (Å²) in [5.41, 5.74) is 0.741. The topological polar surface area (TPSA) is 66.0 Å². The predicted octanol–water partition coefficient (Wildman–Crippen LogP) is 5.44. The van der Waals surface area contributed by atoms with E-state index in [2.05, 4.69) is 10.9 Å². The molecule has 0 N–H and O–H groups in total. The van der Waals surface area contributed by atoms with E-state index >= 15 is 0 Å². The molecule has 1 aliphatic heterocycles. The molecule has 0 saturated carbocycles. The summed E-state index contributed by atoms with van der Waals surface area (Å²) in [7, 11) is 3.85. The fraction of sp³-hybridized carbons (Fsp3) is 0.345. The first kappa shape index (κ1) is 29.0. The molecule has 0 spiro atoms. The zero-order valence-electron chi connectivity index (χ0n) is 22.5. The lowest BCUT2D eigenvalue weighted by Gasteiger charge is -2.29. The van der Waals surface area contributed by atoms with Gasteiger partial charge in [-0.25, -0.2) is 4.98 Å². The third-order valence-electron chi connectivity index (χ3n) is 6.34. The van der Waals surface area contributed by atoms with Crippen molar-refractivity contribution in [1.82, 2.24) is 9.88 Å². The molecule has 4 rings (SSSR count). The number of anilines is 2. The number of terminal acetylenes is 1. The predicted molar refractivity (Wildman–Crippen MR) is 149 cm³/mol. The Bertz CT molecular complexity index is 1430. The molecule has 1 aliphatic rings. The van der Waals surface area contributed by atoms with Crippen LogP contribution in [-0.4, -0.2) is 54.5 Å². The maximum absolute atomic E-state index is 13.9. The van der Waals surface area contributed by atoms with Gasteiger partial charge >= 0.3 is 6.18 Å². The van der Waals surface area contributed by atoms with Gasteiger partial charge in [0, 0.05) is 50.0 Å². The lowest BCUT2D eigenvalue weighted by Crippen LogP contribution is -2.45. The molecule has 2 amide bonds. The first-order valence-corrected chi connectivity index (χ1v) is 13.4. The van der Waals surface area contributed by atoms with Crippen molar-refractivity contribution in [3.05, 3.63) is 69.7 Å². The normalized spacial score (nSPS) is 15.3. The average Bonchev–Trinajstić information content (AvgIpc) is 3.51. The molecule has 0 radical (unpaired) electrons. The summed E-state index contributed by atoms with van der Waals surface area (Å²) < 4.78 is 47.3. The van der Waals surface area contributed by atoms with Crippen LogP contribution in [0.1, 0.15) is 46.9 Å². The average molecular weight is 571 g/mol. The van der Waals surface area contributed by atoms with Gasteiger partial charge in [0.15, 0.2) is 5.01 Å². The number of carbonyl (C=O) groups is 2. The monoisotopic (exact) mass is 570 g/mol. The largest absolute Gasteiger partial charge is 0.491 e. The van der Waals surface area contributed by atoms with Gasteiger partial charge in [-0.3, -0.25) is 14.5 Å². The Morgan fingerprint density at radius 1 is 1.20 bits per heavy atom. The fourth-order valence-corrected chi connectivity index (χ4v) is 5.06. The van der Waals surface area contributed by atoms with Crippen molar-refractivity contribution in [2.75, 3.05) is 30.4 Å². The first-order valence-electron chi connectivity index (χ1n) is 12.6. The summed E-state index contributed by atoms with van der Waals surface area (Å²) in [5.74, 6) is 1.19. The Kier molecular flexibility index (Phi) is 8.40. The maximum atomic E-state index is 13.9. The number of hydrogen-bond donors (Lipinski definition) is 0. The van der Waals surface area contributed by atoms with Crippen molar-refractivity contribution >= 4 is 34.5 Å². The molecule has 1 saturated heterocycles. The quantitative estimate of drug-likeness (QED) is 0.338. The van der Waals surface area contributed by atoms with E-state index in [9.17, 15) is 22.8 Å². The highest BCUT2D eigenvalue weighted by Crippen LogP contribution is 2.38. The number of hydrogen-bond acceptors (Lipinski definition) is 6. The van der Waals surface area contributed by atoms with Crippen LogP contribution in [0.15, 0.2) is 47.8 Å². The molecule has 1 aromatic heterocycles. The van der Waals surface area contributed by atoms with Crippen LogP contribution in [0.3, 0.4) is 0 Å². The first-order chi connectivity index (χ1) is 18.9. The molecule has 11 heteroatoms. The summed E-state index contributed by atoms with van der Waals surface area (Å²) >= 11 is 1.06. The van der Waals surface area contributed by atoms with Gasteiger partial charge in [-0.05, 0) is 56.0 Å². The summed E-state index contributed by atoms with van der Waals surface area (Å²) in [6.07, 6.45) is 0.516. The van der Waals surface area contributed by atoms with Gasteiger partial charge in [0.05, 0.1) is 11.7 Å². The summed E-state index contributed by atoms with van der Waals surface area (Å²) in [5, 5.41) is 1.68. The molecule has 0 aliphatic carbocycles. The second-order valence-electron chi connectivity index (χ2n) is 9.86. The van der Waals surface area contributed by atoms with Gasteiger partial charge in [0.2, 0.25) is 5.91 Å². The number of thiazole rings is 1. The van der Waals surface area contributed by atoms with Crippen LogP contribution in [0.4, 0.5) is 24.5 Å². The molecule has 3 aromatic rings. The van der Waals surface area contributed by atoms with E-state index in [1.54, 1.807) is 18.7 Å². The van der Waals surface area contributed by atoms with Crippen LogP contribution in [-0.2, 0) is 17.5 Å². The number of alkyl halides is 3. The third kappa shape index (κ3) is 6.39. The Morgan fingerprint density at radius 3 is 2.48 bits per heavy atom. The lowest BCUT2D eigenvalue weighted by molar-refractivity contribution is -0.137. The van der Waals surface area contributed by atoms with Crippen LogP contribution < -0.4 is 14.5 Å². The minimum Gasteiger partial charge on any atom is -0.491 e. The van der Waals surface area contributed by atoms with Crippen molar-refractivity contribution in [3.63, 3.8) is 0 Å². The molecular formula is C29H29F3N4O3S. The molecule has 7 nitrogen and oxygen atoms in total. The van der Waals surface area contributed by atoms with E-state index in [1.807, 2.05) is 43.3 Å². The van der Waals surface area contributed by atoms with Crippen LogP contribution in [0.2, 0.25) is 0 Å². The van der Waals surface area contributed by atoms with Gasteiger partial charge < -0.3 is 14.5 Å². The molecule has 1 fully saturated rings. The summed E-state index contributed by atoms with van der Waals surface area (Å²) in [4.78, 5) is 36.2. The van der Waals surface area contributed by atoms with Gasteiger partial charge in [-0.15, -0.1) is 17.8 Å². The number of likely N-dealkylation sites (tertiary alicyclic amines) is 1. The van der Waals surface area contributed by atoms with Crippen LogP contribution in [0.25, 0.3) is 0 Å². The zero-order valence-corrected chi connectivity index (χ0v) is 23.3.